The van der Waals surface area contributed by atoms with E-state index in [-0.39, 0.29) is 6.03 Å². The second kappa shape index (κ2) is 8.43. The molecule has 0 saturated heterocycles. The van der Waals surface area contributed by atoms with Gasteiger partial charge < -0.3 is 19.4 Å². The number of furan rings is 1. The van der Waals surface area contributed by atoms with Crippen molar-refractivity contribution in [2.24, 2.45) is 7.05 Å². The number of rotatable bonds is 7. The molecule has 1 N–H and O–H groups in total. The van der Waals surface area contributed by atoms with E-state index >= 15 is 0 Å². The molecule has 2 heterocycles. The summed E-state index contributed by atoms with van der Waals surface area (Å²) >= 11 is 0. The molecule has 1 aromatic carbocycles. The number of amides is 2. The summed E-state index contributed by atoms with van der Waals surface area (Å²) in [6, 6.07) is 10.9. The number of hydrogen-bond donors (Lipinski definition) is 1. The molecule has 152 valence electrons. The zero-order valence-corrected chi connectivity index (χ0v) is 16.9. The van der Waals surface area contributed by atoms with Gasteiger partial charge in [-0.2, -0.15) is 5.10 Å². The highest BCUT2D eigenvalue weighted by molar-refractivity contribution is 5.89. The lowest BCUT2D eigenvalue weighted by molar-refractivity contribution is 0.200. The van der Waals surface area contributed by atoms with Gasteiger partial charge in [0.25, 0.3) is 0 Å². The standard InChI is InChI=1S/C22H26N4O3/c1-3-28-17-11-9-16(10-12-17)23-22(27)26(14-18-6-5-13-29-18)15-20-19-7-4-8-21(19)25(2)24-20/h5-6,9-13H,3-4,7-8,14-15H2,1-2H3,(H,23,27). The van der Waals surface area contributed by atoms with Crippen LogP contribution in [0.3, 0.4) is 0 Å². The first-order valence-electron chi connectivity index (χ1n) is 9.99. The molecule has 4 rings (SSSR count). The van der Waals surface area contributed by atoms with Gasteiger partial charge in [-0.15, -0.1) is 0 Å². The van der Waals surface area contributed by atoms with Gasteiger partial charge in [-0.25, -0.2) is 4.79 Å². The van der Waals surface area contributed by atoms with Crippen LogP contribution in [0.1, 0.15) is 36.1 Å². The predicted octanol–water partition coefficient (Wildman–Crippen LogP) is 4.13. The summed E-state index contributed by atoms with van der Waals surface area (Å²) in [5.74, 6) is 1.52. The van der Waals surface area contributed by atoms with Crippen LogP contribution in [0.4, 0.5) is 10.5 Å². The minimum atomic E-state index is -0.192. The third-order valence-corrected chi connectivity index (χ3v) is 5.17. The zero-order chi connectivity index (χ0) is 20.2. The Morgan fingerprint density at radius 3 is 2.79 bits per heavy atom. The van der Waals surface area contributed by atoms with Crippen LogP contribution in [-0.4, -0.2) is 27.3 Å². The maximum atomic E-state index is 13.1. The molecule has 0 atom stereocenters. The van der Waals surface area contributed by atoms with Crippen LogP contribution in [-0.2, 0) is 33.0 Å². The number of nitrogens with zero attached hydrogens (tertiary/aromatic N) is 3. The summed E-state index contributed by atoms with van der Waals surface area (Å²) in [6.07, 6.45) is 4.84. The second-order valence-corrected chi connectivity index (χ2v) is 7.17. The zero-order valence-electron chi connectivity index (χ0n) is 16.9. The lowest BCUT2D eigenvalue weighted by atomic mass is 10.2. The molecule has 29 heavy (non-hydrogen) atoms. The lowest BCUT2D eigenvalue weighted by Gasteiger charge is -2.22. The van der Waals surface area contributed by atoms with E-state index in [0.717, 1.165) is 36.5 Å². The second-order valence-electron chi connectivity index (χ2n) is 7.17. The molecule has 3 aromatic rings. The minimum absolute atomic E-state index is 0.192. The number of carbonyl (C=O) groups is 1. The van der Waals surface area contributed by atoms with E-state index in [2.05, 4.69) is 10.4 Å². The summed E-state index contributed by atoms with van der Waals surface area (Å²) in [5.41, 5.74) is 4.25. The first kappa shape index (κ1) is 19.1. The molecule has 0 saturated carbocycles. The average molecular weight is 394 g/mol. The van der Waals surface area contributed by atoms with Gasteiger partial charge in [0.15, 0.2) is 0 Å². The third kappa shape index (κ3) is 4.29. The van der Waals surface area contributed by atoms with Crippen molar-refractivity contribution in [2.45, 2.75) is 39.3 Å². The molecule has 2 amide bonds. The fourth-order valence-corrected chi connectivity index (χ4v) is 3.80. The number of benzene rings is 1. The summed E-state index contributed by atoms with van der Waals surface area (Å²) < 4.78 is 12.9. The van der Waals surface area contributed by atoms with Crippen LogP contribution in [0.25, 0.3) is 0 Å². The smallest absolute Gasteiger partial charge is 0.322 e. The predicted molar refractivity (Wildman–Crippen MR) is 110 cm³/mol. The van der Waals surface area contributed by atoms with Crippen molar-refractivity contribution in [3.8, 4) is 5.75 Å². The number of carbonyl (C=O) groups excluding carboxylic acids is 1. The molecule has 0 spiro atoms. The van der Waals surface area contributed by atoms with Gasteiger partial charge in [0, 0.05) is 18.4 Å². The van der Waals surface area contributed by atoms with Gasteiger partial charge in [0.2, 0.25) is 0 Å². The van der Waals surface area contributed by atoms with E-state index in [9.17, 15) is 4.79 Å². The fraction of sp³-hybridized carbons (Fsp3) is 0.364. The van der Waals surface area contributed by atoms with Crippen LogP contribution in [0.15, 0.2) is 47.1 Å². The summed E-state index contributed by atoms with van der Waals surface area (Å²) in [4.78, 5) is 14.8. The van der Waals surface area contributed by atoms with Crippen LogP contribution >= 0.6 is 0 Å². The normalized spacial score (nSPS) is 12.6. The van der Waals surface area contributed by atoms with E-state index in [1.54, 1.807) is 11.2 Å². The quantitative estimate of drug-likeness (QED) is 0.654. The summed E-state index contributed by atoms with van der Waals surface area (Å²) in [5, 5.41) is 7.64. The molecule has 0 unspecified atom stereocenters. The Morgan fingerprint density at radius 2 is 2.07 bits per heavy atom. The van der Waals surface area contributed by atoms with Gasteiger partial charge in [-0.3, -0.25) is 4.68 Å². The highest BCUT2D eigenvalue weighted by Crippen LogP contribution is 2.26. The van der Waals surface area contributed by atoms with E-state index in [1.807, 2.05) is 55.1 Å². The Labute approximate surface area is 170 Å². The third-order valence-electron chi connectivity index (χ3n) is 5.17. The van der Waals surface area contributed by atoms with Gasteiger partial charge in [0.05, 0.1) is 31.7 Å². The first-order valence-corrected chi connectivity index (χ1v) is 9.99. The number of aromatic nitrogens is 2. The molecular weight excluding hydrogens is 368 g/mol. The van der Waals surface area contributed by atoms with Gasteiger partial charge in [-0.05, 0) is 68.1 Å². The molecular formula is C22H26N4O3. The first-order chi connectivity index (χ1) is 14.1. The van der Waals surface area contributed by atoms with Crippen LogP contribution in [0, 0.1) is 0 Å². The molecule has 0 fully saturated rings. The monoisotopic (exact) mass is 394 g/mol. The van der Waals surface area contributed by atoms with Gasteiger partial charge >= 0.3 is 6.03 Å². The van der Waals surface area contributed by atoms with Crippen molar-refractivity contribution in [2.75, 3.05) is 11.9 Å². The fourth-order valence-electron chi connectivity index (χ4n) is 3.80. The number of fused-ring (bicyclic) bond motifs is 1. The Kier molecular flexibility index (Phi) is 5.55. The van der Waals surface area contributed by atoms with E-state index < -0.39 is 0 Å². The number of nitrogens with one attached hydrogen (secondary N) is 1. The Morgan fingerprint density at radius 1 is 1.24 bits per heavy atom. The van der Waals surface area contributed by atoms with Crippen molar-refractivity contribution < 1.29 is 13.9 Å². The molecule has 7 nitrogen and oxygen atoms in total. The van der Waals surface area contributed by atoms with Gasteiger partial charge in [0.1, 0.15) is 11.5 Å². The Balaban J connectivity index is 1.52. The van der Waals surface area contributed by atoms with Crippen molar-refractivity contribution in [3.05, 3.63) is 65.4 Å². The summed E-state index contributed by atoms with van der Waals surface area (Å²) in [7, 11) is 1.98. The van der Waals surface area contributed by atoms with Crippen LogP contribution < -0.4 is 10.1 Å². The molecule has 0 bridgehead atoms. The van der Waals surface area contributed by atoms with Crippen molar-refractivity contribution in [1.82, 2.24) is 14.7 Å². The highest BCUT2D eigenvalue weighted by atomic mass is 16.5. The molecule has 7 heteroatoms. The largest absolute Gasteiger partial charge is 0.494 e. The van der Waals surface area contributed by atoms with Crippen molar-refractivity contribution >= 4 is 11.7 Å². The van der Waals surface area contributed by atoms with E-state index in [0.29, 0.717) is 25.4 Å². The van der Waals surface area contributed by atoms with Crippen molar-refractivity contribution in [1.29, 1.82) is 0 Å². The number of hydrogen-bond acceptors (Lipinski definition) is 4. The molecule has 0 radical (unpaired) electrons. The van der Waals surface area contributed by atoms with E-state index in [1.165, 1.54) is 11.3 Å². The lowest BCUT2D eigenvalue weighted by Crippen LogP contribution is -2.34. The van der Waals surface area contributed by atoms with Gasteiger partial charge in [-0.1, -0.05) is 0 Å². The average Bonchev–Trinajstić information content (AvgIpc) is 3.44. The number of anilines is 1. The van der Waals surface area contributed by atoms with Crippen molar-refractivity contribution in [3.63, 3.8) is 0 Å². The highest BCUT2D eigenvalue weighted by Gasteiger charge is 2.24. The molecule has 1 aliphatic rings. The molecule has 0 aliphatic heterocycles. The number of aryl methyl sites for hydroxylation is 1. The van der Waals surface area contributed by atoms with Crippen LogP contribution in [0.5, 0.6) is 5.75 Å². The minimum Gasteiger partial charge on any atom is -0.494 e. The molecule has 2 aromatic heterocycles. The number of urea groups is 1. The summed E-state index contributed by atoms with van der Waals surface area (Å²) in [6.45, 7) is 3.36. The Bertz CT molecular complexity index is 961. The van der Waals surface area contributed by atoms with Crippen LogP contribution in [0.2, 0.25) is 0 Å². The number of ether oxygens (including phenoxy) is 1. The Hall–Kier alpha value is -3.22. The van der Waals surface area contributed by atoms with E-state index in [4.69, 9.17) is 9.15 Å². The topological polar surface area (TPSA) is 72.5 Å². The SMILES string of the molecule is CCOc1ccc(NC(=O)N(Cc2ccco2)Cc2nn(C)c3c2CCC3)cc1. The maximum absolute atomic E-state index is 13.1. The maximum Gasteiger partial charge on any atom is 0.322 e. The molecule has 1 aliphatic carbocycles.